The summed E-state index contributed by atoms with van der Waals surface area (Å²) in [5.41, 5.74) is 0.879. The van der Waals surface area contributed by atoms with E-state index in [1.54, 1.807) is 42.5 Å². The second kappa shape index (κ2) is 10.5. The fourth-order valence-electron chi connectivity index (χ4n) is 6.19. The molecule has 6 nitrogen and oxygen atoms in total. The van der Waals surface area contributed by atoms with E-state index in [0.717, 1.165) is 10.5 Å². The Labute approximate surface area is 236 Å². The van der Waals surface area contributed by atoms with Gasteiger partial charge >= 0.3 is 5.97 Å². The van der Waals surface area contributed by atoms with Crippen molar-refractivity contribution in [2.45, 2.75) is 44.6 Å². The SMILES string of the molecule is CC[C@@H]1CC(O)=C(C(=O)OCc2ccccc2)[C@@H](c2cccc(Cl)c2)[C@]12C(=O)N(C(C)=O)c1cc(Cl)ccc12. The van der Waals surface area contributed by atoms with Crippen LogP contribution in [0.2, 0.25) is 10.0 Å². The number of carbonyl (C=O) groups is 3. The van der Waals surface area contributed by atoms with Gasteiger partial charge in [-0.3, -0.25) is 9.59 Å². The average Bonchev–Trinajstić information content (AvgIpc) is 3.16. The zero-order valence-corrected chi connectivity index (χ0v) is 23.0. The van der Waals surface area contributed by atoms with Gasteiger partial charge in [-0.25, -0.2) is 9.69 Å². The number of aliphatic hydroxyl groups excluding tert-OH is 1. The lowest BCUT2D eigenvalue weighted by Gasteiger charge is -2.46. The van der Waals surface area contributed by atoms with Crippen molar-refractivity contribution in [1.82, 2.24) is 0 Å². The molecule has 5 rings (SSSR count). The van der Waals surface area contributed by atoms with Crippen LogP contribution in [0.25, 0.3) is 0 Å². The molecule has 0 saturated heterocycles. The first-order valence-corrected chi connectivity index (χ1v) is 13.5. The molecule has 0 unspecified atom stereocenters. The molecule has 1 aliphatic carbocycles. The van der Waals surface area contributed by atoms with Gasteiger partial charge in [0, 0.05) is 29.3 Å². The van der Waals surface area contributed by atoms with E-state index in [4.69, 9.17) is 27.9 Å². The zero-order chi connectivity index (χ0) is 27.9. The normalized spacial score (nSPS) is 22.3. The Morgan fingerprint density at radius 1 is 1.03 bits per heavy atom. The minimum absolute atomic E-state index is 0.0113. The number of benzene rings is 3. The molecule has 3 aromatic rings. The van der Waals surface area contributed by atoms with Crippen LogP contribution in [0, 0.1) is 5.92 Å². The Hall–Kier alpha value is -3.61. The summed E-state index contributed by atoms with van der Waals surface area (Å²) < 4.78 is 5.71. The molecule has 200 valence electrons. The molecule has 1 heterocycles. The van der Waals surface area contributed by atoms with Crippen molar-refractivity contribution >= 4 is 46.7 Å². The van der Waals surface area contributed by atoms with Gasteiger partial charge in [0.2, 0.25) is 11.8 Å². The summed E-state index contributed by atoms with van der Waals surface area (Å²) in [6.07, 6.45) is 0.551. The molecule has 0 fully saturated rings. The quantitative estimate of drug-likeness (QED) is 0.341. The Balaban J connectivity index is 1.75. The second-order valence-electron chi connectivity index (χ2n) is 9.91. The molecule has 0 radical (unpaired) electrons. The van der Waals surface area contributed by atoms with Crippen molar-refractivity contribution in [2.24, 2.45) is 5.92 Å². The third kappa shape index (κ3) is 4.42. The highest BCUT2D eigenvalue weighted by Crippen LogP contribution is 2.61. The number of rotatable bonds is 5. The molecular weight excluding hydrogens is 537 g/mol. The number of hydrogen-bond donors (Lipinski definition) is 1. The van der Waals surface area contributed by atoms with Crippen molar-refractivity contribution in [3.8, 4) is 0 Å². The smallest absolute Gasteiger partial charge is 0.338 e. The number of esters is 1. The number of carbonyl (C=O) groups excluding carboxylic acids is 3. The fourth-order valence-corrected chi connectivity index (χ4v) is 6.55. The van der Waals surface area contributed by atoms with Crippen LogP contribution in [0.15, 0.2) is 84.1 Å². The number of allylic oxidation sites excluding steroid dienone is 1. The molecule has 1 spiro atoms. The summed E-state index contributed by atoms with van der Waals surface area (Å²) >= 11 is 12.7. The maximum Gasteiger partial charge on any atom is 0.338 e. The minimum atomic E-state index is -1.39. The van der Waals surface area contributed by atoms with Crippen molar-refractivity contribution in [3.05, 3.63) is 111 Å². The number of nitrogens with zero attached hydrogens (tertiary/aromatic N) is 1. The van der Waals surface area contributed by atoms with Gasteiger partial charge in [0.25, 0.3) is 0 Å². The first-order valence-electron chi connectivity index (χ1n) is 12.7. The van der Waals surface area contributed by atoms with Gasteiger partial charge in [0.1, 0.15) is 12.4 Å². The molecule has 2 aliphatic rings. The molecule has 1 N–H and O–H groups in total. The van der Waals surface area contributed by atoms with Crippen molar-refractivity contribution in [1.29, 1.82) is 0 Å². The Morgan fingerprint density at radius 3 is 2.41 bits per heavy atom. The Kier molecular flexibility index (Phi) is 7.27. The molecule has 0 bridgehead atoms. The lowest BCUT2D eigenvalue weighted by Crippen LogP contribution is -2.54. The number of aliphatic hydroxyl groups is 1. The summed E-state index contributed by atoms with van der Waals surface area (Å²) in [7, 11) is 0. The number of fused-ring (bicyclic) bond motifs is 2. The molecule has 3 aromatic carbocycles. The topological polar surface area (TPSA) is 83.9 Å². The molecule has 3 atom stereocenters. The van der Waals surface area contributed by atoms with Crippen LogP contribution in [0.1, 0.15) is 49.3 Å². The van der Waals surface area contributed by atoms with Crippen LogP contribution < -0.4 is 4.90 Å². The van der Waals surface area contributed by atoms with Crippen molar-refractivity contribution in [3.63, 3.8) is 0 Å². The number of anilines is 1. The van der Waals surface area contributed by atoms with Crippen LogP contribution in [-0.2, 0) is 31.1 Å². The molecule has 39 heavy (non-hydrogen) atoms. The average molecular weight is 564 g/mol. The molecule has 1 aliphatic heterocycles. The summed E-state index contributed by atoms with van der Waals surface area (Å²) in [5.74, 6) is -3.23. The molecular formula is C31H27Cl2NO5. The van der Waals surface area contributed by atoms with Gasteiger partial charge in [0.05, 0.1) is 16.7 Å². The van der Waals surface area contributed by atoms with Crippen molar-refractivity contribution in [2.75, 3.05) is 4.90 Å². The predicted octanol–water partition coefficient (Wildman–Crippen LogP) is 6.89. The Bertz CT molecular complexity index is 1500. The molecule has 0 saturated carbocycles. The third-order valence-corrected chi connectivity index (χ3v) is 8.23. The van der Waals surface area contributed by atoms with Crippen molar-refractivity contribution < 1.29 is 24.2 Å². The van der Waals surface area contributed by atoms with E-state index < -0.39 is 35.0 Å². The highest BCUT2D eigenvalue weighted by atomic mass is 35.5. The Morgan fingerprint density at radius 2 is 1.74 bits per heavy atom. The van der Waals surface area contributed by atoms with Gasteiger partial charge in [0.15, 0.2) is 0 Å². The molecule has 2 amide bonds. The fraction of sp³-hybridized carbons (Fsp3) is 0.258. The van der Waals surface area contributed by atoms with Crippen LogP contribution in [0.3, 0.4) is 0 Å². The van der Waals surface area contributed by atoms with E-state index in [-0.39, 0.29) is 24.4 Å². The number of halogens is 2. The van der Waals surface area contributed by atoms with E-state index in [9.17, 15) is 19.5 Å². The zero-order valence-electron chi connectivity index (χ0n) is 21.5. The first kappa shape index (κ1) is 27.0. The maximum absolute atomic E-state index is 14.6. The highest BCUT2D eigenvalue weighted by molar-refractivity contribution is 6.32. The van der Waals surface area contributed by atoms with Crippen LogP contribution >= 0.6 is 23.2 Å². The maximum atomic E-state index is 14.6. The van der Waals surface area contributed by atoms with Gasteiger partial charge < -0.3 is 9.84 Å². The first-order chi connectivity index (χ1) is 18.7. The summed E-state index contributed by atoms with van der Waals surface area (Å²) in [4.78, 5) is 42.4. The standard InChI is InChI=1S/C31H27Cl2NO5/c1-3-21-15-26(36)27(29(37)39-17-19-8-5-4-6-9-19)28(20-10-7-11-22(32)14-20)31(21)24-13-12-23(33)16-25(24)34(18(2)35)30(31)38/h4-14,16,21,28,36H,3,15,17H2,1-2H3/t21-,28-,31+/m1/s1. The van der Waals surface area contributed by atoms with Gasteiger partial charge in [-0.1, -0.05) is 85.1 Å². The van der Waals surface area contributed by atoms with E-state index in [2.05, 4.69) is 0 Å². The van der Waals surface area contributed by atoms with Gasteiger partial charge in [-0.15, -0.1) is 0 Å². The third-order valence-electron chi connectivity index (χ3n) is 7.76. The summed E-state index contributed by atoms with van der Waals surface area (Å²) in [6, 6.07) is 21.1. The van der Waals surface area contributed by atoms with Crippen LogP contribution in [0.5, 0.6) is 0 Å². The number of hydrogen-bond acceptors (Lipinski definition) is 5. The van der Waals surface area contributed by atoms with E-state index in [1.165, 1.54) is 6.92 Å². The number of imide groups is 1. The monoisotopic (exact) mass is 563 g/mol. The summed E-state index contributed by atoms with van der Waals surface area (Å²) in [5, 5.41) is 12.1. The number of ether oxygens (including phenoxy) is 1. The number of amides is 2. The molecule has 8 heteroatoms. The minimum Gasteiger partial charge on any atom is -0.512 e. The predicted molar refractivity (Wildman–Crippen MR) is 150 cm³/mol. The lowest BCUT2D eigenvalue weighted by atomic mass is 9.54. The van der Waals surface area contributed by atoms with Crippen LogP contribution in [0.4, 0.5) is 5.69 Å². The van der Waals surface area contributed by atoms with E-state index >= 15 is 0 Å². The second-order valence-corrected chi connectivity index (χ2v) is 10.8. The van der Waals surface area contributed by atoms with E-state index in [0.29, 0.717) is 33.3 Å². The van der Waals surface area contributed by atoms with Gasteiger partial charge in [-0.05, 0) is 46.9 Å². The highest BCUT2D eigenvalue weighted by Gasteiger charge is 2.64. The van der Waals surface area contributed by atoms with Gasteiger partial charge in [-0.2, -0.15) is 0 Å². The van der Waals surface area contributed by atoms with Crippen LogP contribution in [-0.4, -0.2) is 22.9 Å². The summed E-state index contributed by atoms with van der Waals surface area (Å²) in [6.45, 7) is 3.23. The largest absolute Gasteiger partial charge is 0.512 e. The molecule has 0 aromatic heterocycles. The van der Waals surface area contributed by atoms with E-state index in [1.807, 2.05) is 37.3 Å². The lowest BCUT2D eigenvalue weighted by molar-refractivity contribution is -0.141.